The Bertz CT molecular complexity index is 526. The van der Waals surface area contributed by atoms with Gasteiger partial charge >= 0.3 is 0 Å². The summed E-state index contributed by atoms with van der Waals surface area (Å²) in [7, 11) is 0. The number of benzene rings is 1. The summed E-state index contributed by atoms with van der Waals surface area (Å²) >= 11 is 12.7. The molecule has 0 amide bonds. The molecule has 0 saturated heterocycles. The van der Waals surface area contributed by atoms with E-state index in [0.29, 0.717) is 22.8 Å². The van der Waals surface area contributed by atoms with Crippen LogP contribution in [0.4, 0.5) is 0 Å². The molecule has 1 aromatic heterocycles. The molecule has 0 radical (unpaired) electrons. The van der Waals surface area contributed by atoms with Crippen molar-refractivity contribution in [3.63, 3.8) is 0 Å². The highest BCUT2D eigenvalue weighted by molar-refractivity contribution is 9.11. The summed E-state index contributed by atoms with van der Waals surface area (Å²) < 4.78 is 6.85. The molecule has 2 aromatic rings. The third-order valence-electron chi connectivity index (χ3n) is 2.01. The van der Waals surface area contributed by atoms with Gasteiger partial charge in [-0.15, -0.1) is 0 Å². The number of hydrogen-bond acceptors (Lipinski definition) is 2. The van der Waals surface area contributed by atoms with Gasteiger partial charge in [0.15, 0.2) is 12.0 Å². The van der Waals surface area contributed by atoms with Crippen LogP contribution in [0.1, 0.15) is 10.6 Å². The Morgan fingerprint density at radius 3 is 2.31 bits per heavy atom. The van der Waals surface area contributed by atoms with Gasteiger partial charge in [-0.2, -0.15) is 0 Å². The zero-order chi connectivity index (χ0) is 11.7. The van der Waals surface area contributed by atoms with E-state index in [0.717, 1.165) is 14.5 Å². The fraction of sp³-hybridized carbons (Fsp3) is 0. The van der Waals surface area contributed by atoms with Crippen molar-refractivity contribution < 1.29 is 9.21 Å². The third-order valence-corrected chi connectivity index (χ3v) is 4.13. The van der Waals surface area contributed by atoms with Gasteiger partial charge < -0.3 is 4.42 Å². The number of carbonyl (C=O) groups excluding carboxylic acids is 1. The molecule has 0 aliphatic rings. The average Bonchev–Trinajstić information content (AvgIpc) is 2.73. The minimum Gasteiger partial charge on any atom is -0.453 e. The first kappa shape index (κ1) is 11.9. The van der Waals surface area contributed by atoms with E-state index in [2.05, 4.69) is 31.9 Å². The fourth-order valence-electron chi connectivity index (χ4n) is 1.27. The molecule has 82 valence electrons. The molecule has 0 bridgehead atoms. The highest BCUT2D eigenvalue weighted by Crippen LogP contribution is 2.35. The predicted octanol–water partition coefficient (Wildman–Crippen LogP) is 4.94. The van der Waals surface area contributed by atoms with Gasteiger partial charge in [0.2, 0.25) is 0 Å². The SMILES string of the molecule is O=Cc1ccc(-c2cc(Br)c(Cl)c(Br)c2)o1. The lowest BCUT2D eigenvalue weighted by Crippen LogP contribution is -1.78. The van der Waals surface area contributed by atoms with Gasteiger partial charge in [-0.25, -0.2) is 0 Å². The summed E-state index contributed by atoms with van der Waals surface area (Å²) in [5.41, 5.74) is 0.844. The van der Waals surface area contributed by atoms with Crippen LogP contribution in [0.3, 0.4) is 0 Å². The highest BCUT2D eigenvalue weighted by atomic mass is 79.9. The molecule has 2 nitrogen and oxygen atoms in total. The molecule has 0 N–H and O–H groups in total. The van der Waals surface area contributed by atoms with Crippen molar-refractivity contribution in [2.45, 2.75) is 0 Å². The minimum atomic E-state index is 0.303. The lowest BCUT2D eigenvalue weighted by atomic mass is 10.2. The molecule has 0 aliphatic heterocycles. The van der Waals surface area contributed by atoms with Crippen LogP contribution in [0, 0.1) is 0 Å². The van der Waals surface area contributed by atoms with Gasteiger partial charge in [0.25, 0.3) is 0 Å². The first-order valence-electron chi connectivity index (χ1n) is 4.31. The summed E-state index contributed by atoms with van der Waals surface area (Å²) in [4.78, 5) is 10.5. The van der Waals surface area contributed by atoms with Crippen LogP contribution < -0.4 is 0 Å². The largest absolute Gasteiger partial charge is 0.453 e. The summed E-state index contributed by atoms with van der Waals surface area (Å²) in [6, 6.07) is 7.03. The predicted molar refractivity (Wildman–Crippen MR) is 69.9 cm³/mol. The van der Waals surface area contributed by atoms with Gasteiger partial charge in [0.05, 0.1) is 5.02 Å². The number of hydrogen-bond donors (Lipinski definition) is 0. The van der Waals surface area contributed by atoms with Gasteiger partial charge in [-0.05, 0) is 56.1 Å². The van der Waals surface area contributed by atoms with Gasteiger partial charge in [0, 0.05) is 14.5 Å². The monoisotopic (exact) mass is 362 g/mol. The normalized spacial score (nSPS) is 10.4. The van der Waals surface area contributed by atoms with Crippen LogP contribution in [-0.4, -0.2) is 6.29 Å². The van der Waals surface area contributed by atoms with Crippen molar-refractivity contribution in [3.8, 4) is 11.3 Å². The first-order chi connectivity index (χ1) is 7.61. The Kier molecular flexibility index (Phi) is 3.52. The third kappa shape index (κ3) is 2.24. The van der Waals surface area contributed by atoms with E-state index in [1.54, 1.807) is 12.1 Å². The number of aldehydes is 1. The van der Waals surface area contributed by atoms with Crippen LogP contribution >= 0.6 is 43.5 Å². The average molecular weight is 364 g/mol. The number of carbonyl (C=O) groups is 1. The second-order valence-corrected chi connectivity index (χ2v) is 5.16. The maximum atomic E-state index is 10.5. The van der Waals surface area contributed by atoms with E-state index in [4.69, 9.17) is 16.0 Å². The van der Waals surface area contributed by atoms with Crippen molar-refractivity contribution in [1.29, 1.82) is 0 Å². The first-order valence-corrected chi connectivity index (χ1v) is 6.28. The van der Waals surface area contributed by atoms with Crippen molar-refractivity contribution in [1.82, 2.24) is 0 Å². The summed E-state index contributed by atoms with van der Waals surface area (Å²) in [6.07, 6.45) is 0.670. The van der Waals surface area contributed by atoms with E-state index in [1.807, 2.05) is 12.1 Å². The summed E-state index contributed by atoms with van der Waals surface area (Å²) in [5, 5.41) is 0.603. The molecular formula is C11H5Br2ClO2. The molecule has 16 heavy (non-hydrogen) atoms. The van der Waals surface area contributed by atoms with Crippen LogP contribution in [0.15, 0.2) is 37.6 Å². The Balaban J connectivity index is 2.52. The number of rotatable bonds is 2. The standard InChI is InChI=1S/C11H5Br2ClO2/c12-8-3-6(4-9(13)11(8)14)10-2-1-7(5-15)16-10/h1-5H. The molecule has 0 atom stereocenters. The van der Waals surface area contributed by atoms with E-state index in [1.165, 1.54) is 0 Å². The quantitative estimate of drug-likeness (QED) is 0.558. The minimum absolute atomic E-state index is 0.303. The highest BCUT2D eigenvalue weighted by Gasteiger charge is 2.09. The molecule has 0 saturated carbocycles. The Morgan fingerprint density at radius 2 is 1.81 bits per heavy atom. The maximum Gasteiger partial charge on any atom is 0.185 e. The van der Waals surface area contributed by atoms with Crippen LogP contribution in [0.5, 0.6) is 0 Å². The van der Waals surface area contributed by atoms with Crippen molar-refractivity contribution in [2.24, 2.45) is 0 Å². The van der Waals surface area contributed by atoms with E-state index >= 15 is 0 Å². The lowest BCUT2D eigenvalue weighted by molar-refractivity contribution is 0.110. The smallest absolute Gasteiger partial charge is 0.185 e. The maximum absolute atomic E-state index is 10.5. The van der Waals surface area contributed by atoms with Gasteiger partial charge in [0.1, 0.15) is 5.76 Å². The zero-order valence-electron chi connectivity index (χ0n) is 7.84. The van der Waals surface area contributed by atoms with E-state index < -0.39 is 0 Å². The molecular weight excluding hydrogens is 359 g/mol. The van der Waals surface area contributed by atoms with Crippen LogP contribution in [-0.2, 0) is 0 Å². The van der Waals surface area contributed by atoms with E-state index in [-0.39, 0.29) is 0 Å². The van der Waals surface area contributed by atoms with Crippen molar-refractivity contribution in [3.05, 3.63) is 44.0 Å². The molecule has 0 fully saturated rings. The Hall–Kier alpha value is -0.580. The Labute approximate surface area is 114 Å². The van der Waals surface area contributed by atoms with E-state index in [9.17, 15) is 4.79 Å². The van der Waals surface area contributed by atoms with Crippen molar-refractivity contribution in [2.75, 3.05) is 0 Å². The molecule has 1 heterocycles. The number of furan rings is 1. The summed E-state index contributed by atoms with van der Waals surface area (Å²) in [6.45, 7) is 0. The van der Waals surface area contributed by atoms with Crippen LogP contribution in [0.2, 0.25) is 5.02 Å². The topological polar surface area (TPSA) is 30.2 Å². The summed E-state index contributed by atoms with van der Waals surface area (Å²) in [5.74, 6) is 0.928. The second-order valence-electron chi connectivity index (χ2n) is 3.07. The van der Waals surface area contributed by atoms with Crippen molar-refractivity contribution >= 4 is 49.7 Å². The van der Waals surface area contributed by atoms with Gasteiger partial charge in [-0.1, -0.05) is 11.6 Å². The lowest BCUT2D eigenvalue weighted by Gasteiger charge is -2.03. The van der Waals surface area contributed by atoms with Crippen LogP contribution in [0.25, 0.3) is 11.3 Å². The zero-order valence-corrected chi connectivity index (χ0v) is 11.8. The Morgan fingerprint density at radius 1 is 1.19 bits per heavy atom. The second kappa shape index (κ2) is 4.73. The number of halogens is 3. The molecule has 0 spiro atoms. The fourth-order valence-corrected chi connectivity index (χ4v) is 2.56. The molecule has 5 heteroatoms. The van der Waals surface area contributed by atoms with Gasteiger partial charge in [-0.3, -0.25) is 4.79 Å². The molecule has 0 aliphatic carbocycles. The molecule has 1 aromatic carbocycles. The molecule has 0 unspecified atom stereocenters. The molecule has 2 rings (SSSR count).